The molecular formula is C20H23N5O2. The molecule has 0 bridgehead atoms. The zero-order valence-corrected chi connectivity index (χ0v) is 15.9. The SMILES string of the molecule is Cn1nc(C(=O)Nc2cc(C(C)(C)C)nn2Cc2ccccc2)ccc1=O. The number of carbonyl (C=O) groups is 1. The summed E-state index contributed by atoms with van der Waals surface area (Å²) in [5.41, 5.74) is 1.70. The van der Waals surface area contributed by atoms with Gasteiger partial charge in [-0.15, -0.1) is 0 Å². The summed E-state index contributed by atoms with van der Waals surface area (Å²) < 4.78 is 2.91. The van der Waals surface area contributed by atoms with Crippen LogP contribution in [0.5, 0.6) is 0 Å². The molecule has 3 aromatic rings. The first-order valence-corrected chi connectivity index (χ1v) is 8.72. The smallest absolute Gasteiger partial charge is 0.277 e. The van der Waals surface area contributed by atoms with Crippen molar-refractivity contribution >= 4 is 11.7 Å². The lowest BCUT2D eigenvalue weighted by atomic mass is 9.92. The summed E-state index contributed by atoms with van der Waals surface area (Å²) in [5.74, 6) is 0.199. The van der Waals surface area contributed by atoms with Gasteiger partial charge in [0, 0.05) is 24.6 Å². The van der Waals surface area contributed by atoms with Crippen molar-refractivity contribution < 1.29 is 4.79 Å². The highest BCUT2D eigenvalue weighted by atomic mass is 16.2. The molecule has 7 heteroatoms. The monoisotopic (exact) mass is 365 g/mol. The molecule has 0 unspecified atom stereocenters. The molecule has 2 heterocycles. The maximum atomic E-state index is 12.6. The number of nitrogens with one attached hydrogen (secondary N) is 1. The second-order valence-electron chi connectivity index (χ2n) is 7.44. The molecule has 0 aliphatic heterocycles. The molecule has 0 aliphatic carbocycles. The van der Waals surface area contributed by atoms with Crippen LogP contribution >= 0.6 is 0 Å². The van der Waals surface area contributed by atoms with Crippen LogP contribution in [0.2, 0.25) is 0 Å². The first kappa shape index (κ1) is 18.6. The summed E-state index contributed by atoms with van der Waals surface area (Å²) in [6.45, 7) is 6.75. The van der Waals surface area contributed by atoms with Crippen LogP contribution in [0.4, 0.5) is 5.82 Å². The van der Waals surface area contributed by atoms with Crippen molar-refractivity contribution in [2.75, 3.05) is 5.32 Å². The van der Waals surface area contributed by atoms with Gasteiger partial charge in [-0.2, -0.15) is 10.2 Å². The zero-order valence-electron chi connectivity index (χ0n) is 15.9. The zero-order chi connectivity index (χ0) is 19.6. The van der Waals surface area contributed by atoms with Crippen molar-refractivity contribution in [3.8, 4) is 0 Å². The van der Waals surface area contributed by atoms with Gasteiger partial charge in [-0.3, -0.25) is 9.59 Å². The number of nitrogens with zero attached hydrogens (tertiary/aromatic N) is 4. The van der Waals surface area contributed by atoms with E-state index >= 15 is 0 Å². The number of aryl methyl sites for hydroxylation is 1. The average molecular weight is 365 g/mol. The minimum Gasteiger partial charge on any atom is -0.305 e. The highest BCUT2D eigenvalue weighted by molar-refractivity contribution is 6.02. The van der Waals surface area contributed by atoms with Crippen LogP contribution in [-0.4, -0.2) is 25.5 Å². The number of hydrogen-bond donors (Lipinski definition) is 1. The molecule has 0 aliphatic rings. The van der Waals surface area contributed by atoms with Crippen LogP contribution in [-0.2, 0) is 19.0 Å². The Morgan fingerprint density at radius 2 is 1.78 bits per heavy atom. The van der Waals surface area contributed by atoms with Gasteiger partial charge in [0.05, 0.1) is 12.2 Å². The second kappa shape index (κ2) is 7.19. The molecule has 1 amide bonds. The molecule has 0 fully saturated rings. The van der Waals surface area contributed by atoms with E-state index in [1.807, 2.05) is 36.4 Å². The van der Waals surface area contributed by atoms with Crippen LogP contribution in [0, 0.1) is 0 Å². The largest absolute Gasteiger partial charge is 0.305 e. The van der Waals surface area contributed by atoms with Crippen LogP contribution in [0.15, 0.2) is 53.3 Å². The fraction of sp³-hybridized carbons (Fsp3) is 0.300. The third kappa shape index (κ3) is 4.31. The van der Waals surface area contributed by atoms with Gasteiger partial charge in [0.1, 0.15) is 11.5 Å². The van der Waals surface area contributed by atoms with Crippen molar-refractivity contribution in [1.82, 2.24) is 19.6 Å². The molecule has 1 N–H and O–H groups in total. The highest BCUT2D eigenvalue weighted by Crippen LogP contribution is 2.25. The van der Waals surface area contributed by atoms with Gasteiger partial charge < -0.3 is 5.32 Å². The van der Waals surface area contributed by atoms with E-state index < -0.39 is 0 Å². The van der Waals surface area contributed by atoms with Gasteiger partial charge in [-0.25, -0.2) is 9.36 Å². The molecule has 0 atom stereocenters. The van der Waals surface area contributed by atoms with Crippen molar-refractivity contribution in [3.05, 3.63) is 75.8 Å². The fourth-order valence-electron chi connectivity index (χ4n) is 2.56. The van der Waals surface area contributed by atoms with E-state index in [4.69, 9.17) is 0 Å². The van der Waals surface area contributed by atoms with Crippen LogP contribution < -0.4 is 10.9 Å². The molecule has 0 saturated carbocycles. The Balaban J connectivity index is 1.92. The average Bonchev–Trinajstić information content (AvgIpc) is 3.01. The van der Waals surface area contributed by atoms with Crippen molar-refractivity contribution in [2.24, 2.45) is 7.05 Å². The maximum absolute atomic E-state index is 12.6. The Kier molecular flexibility index (Phi) is 4.94. The Hall–Kier alpha value is -3.22. The number of rotatable bonds is 4. The standard InChI is InChI=1S/C20H23N5O2/c1-20(2,3)16-12-17(25(23-16)13-14-8-6-5-7-9-14)21-19(27)15-10-11-18(26)24(4)22-15/h5-12H,13H2,1-4H3,(H,21,27). The predicted molar refractivity (Wildman–Crippen MR) is 104 cm³/mol. The van der Waals surface area contributed by atoms with Crippen molar-refractivity contribution in [2.45, 2.75) is 32.7 Å². The molecule has 2 aromatic heterocycles. The Labute approximate surface area is 157 Å². The van der Waals surface area contributed by atoms with Gasteiger partial charge in [0.25, 0.3) is 11.5 Å². The lowest BCUT2D eigenvalue weighted by Gasteiger charge is -2.14. The molecule has 0 saturated heterocycles. The minimum absolute atomic E-state index is 0.156. The predicted octanol–water partition coefficient (Wildman–Crippen LogP) is 2.57. The van der Waals surface area contributed by atoms with Gasteiger partial charge in [-0.1, -0.05) is 51.1 Å². The fourth-order valence-corrected chi connectivity index (χ4v) is 2.56. The summed E-state index contributed by atoms with van der Waals surface area (Å²) in [5, 5.41) is 11.6. The van der Waals surface area contributed by atoms with E-state index in [9.17, 15) is 9.59 Å². The number of benzene rings is 1. The summed E-state index contributed by atoms with van der Waals surface area (Å²) in [7, 11) is 1.51. The second-order valence-corrected chi connectivity index (χ2v) is 7.44. The third-order valence-electron chi connectivity index (χ3n) is 4.16. The van der Waals surface area contributed by atoms with Gasteiger partial charge >= 0.3 is 0 Å². The Bertz CT molecular complexity index is 1010. The van der Waals surface area contributed by atoms with E-state index in [0.717, 1.165) is 15.9 Å². The number of anilines is 1. The highest BCUT2D eigenvalue weighted by Gasteiger charge is 2.21. The number of hydrogen-bond acceptors (Lipinski definition) is 4. The summed E-state index contributed by atoms with van der Waals surface area (Å²) in [4.78, 5) is 24.1. The number of carbonyl (C=O) groups excluding carboxylic acids is 1. The summed E-state index contributed by atoms with van der Waals surface area (Å²) in [6, 6.07) is 14.5. The number of aromatic nitrogens is 4. The molecule has 1 aromatic carbocycles. The van der Waals surface area contributed by atoms with E-state index in [2.05, 4.69) is 36.3 Å². The van der Waals surface area contributed by atoms with E-state index in [1.54, 1.807) is 4.68 Å². The Morgan fingerprint density at radius 1 is 1.07 bits per heavy atom. The lowest BCUT2D eigenvalue weighted by molar-refractivity contribution is 0.101. The molecule has 3 rings (SSSR count). The third-order valence-corrected chi connectivity index (χ3v) is 4.16. The van der Waals surface area contributed by atoms with Gasteiger partial charge in [0.15, 0.2) is 0 Å². The first-order chi connectivity index (χ1) is 12.7. The minimum atomic E-state index is -0.389. The molecular weight excluding hydrogens is 342 g/mol. The van der Waals surface area contributed by atoms with Gasteiger partial charge in [0.2, 0.25) is 0 Å². The van der Waals surface area contributed by atoms with Crippen molar-refractivity contribution in [1.29, 1.82) is 0 Å². The van der Waals surface area contributed by atoms with E-state index in [-0.39, 0.29) is 22.6 Å². The molecule has 140 valence electrons. The van der Waals surface area contributed by atoms with Gasteiger partial charge in [-0.05, 0) is 11.6 Å². The van der Waals surface area contributed by atoms with E-state index in [0.29, 0.717) is 12.4 Å². The maximum Gasteiger partial charge on any atom is 0.277 e. The summed E-state index contributed by atoms with van der Waals surface area (Å²) in [6.07, 6.45) is 0. The van der Waals surface area contributed by atoms with Crippen LogP contribution in [0.1, 0.15) is 42.5 Å². The molecule has 27 heavy (non-hydrogen) atoms. The number of amides is 1. The normalized spacial score (nSPS) is 11.4. The first-order valence-electron chi connectivity index (χ1n) is 8.72. The molecule has 0 radical (unpaired) electrons. The summed E-state index contributed by atoms with van der Waals surface area (Å²) >= 11 is 0. The van der Waals surface area contributed by atoms with Crippen LogP contribution in [0.3, 0.4) is 0 Å². The van der Waals surface area contributed by atoms with Crippen molar-refractivity contribution in [3.63, 3.8) is 0 Å². The molecule has 0 spiro atoms. The Morgan fingerprint density at radius 3 is 2.41 bits per heavy atom. The topological polar surface area (TPSA) is 81.8 Å². The lowest BCUT2D eigenvalue weighted by Crippen LogP contribution is -2.24. The quantitative estimate of drug-likeness (QED) is 0.770. The van der Waals surface area contributed by atoms with E-state index in [1.165, 1.54) is 19.2 Å². The molecule has 7 nitrogen and oxygen atoms in total. The van der Waals surface area contributed by atoms with Crippen LogP contribution in [0.25, 0.3) is 0 Å².